The van der Waals surface area contributed by atoms with E-state index in [1.54, 1.807) is 12.1 Å². The minimum absolute atomic E-state index is 0.0686. The van der Waals surface area contributed by atoms with Crippen molar-refractivity contribution in [1.29, 1.82) is 0 Å². The van der Waals surface area contributed by atoms with Crippen molar-refractivity contribution in [1.82, 2.24) is 24.6 Å². The Hall–Kier alpha value is -3.30. The van der Waals surface area contributed by atoms with Crippen molar-refractivity contribution in [3.8, 4) is 17.1 Å². The van der Waals surface area contributed by atoms with Crippen LogP contribution >= 0.6 is 0 Å². The maximum absolute atomic E-state index is 13.9. The number of hydrogen-bond acceptors (Lipinski definition) is 5. The monoisotopic (exact) mass is 467 g/mol. The van der Waals surface area contributed by atoms with E-state index in [1.165, 1.54) is 21.4 Å². The Morgan fingerprint density at radius 2 is 1.88 bits per heavy atom. The first kappa shape index (κ1) is 23.8. The summed E-state index contributed by atoms with van der Waals surface area (Å²) in [6.45, 7) is 7.86. The van der Waals surface area contributed by atoms with Crippen molar-refractivity contribution in [3.63, 3.8) is 0 Å². The predicted octanol–water partition coefficient (Wildman–Crippen LogP) is 2.24. The largest absolute Gasteiger partial charge is 0.379 e. The average molecular weight is 468 g/mol. The Kier molecular flexibility index (Phi) is 7.54. The Balaban J connectivity index is 1.60. The van der Waals surface area contributed by atoms with Gasteiger partial charge in [-0.3, -0.25) is 14.3 Å². The van der Waals surface area contributed by atoms with Gasteiger partial charge in [-0.2, -0.15) is 4.68 Å². The molecular weight excluding hydrogens is 437 g/mol. The van der Waals surface area contributed by atoms with Gasteiger partial charge in [0, 0.05) is 31.2 Å². The van der Waals surface area contributed by atoms with Crippen LogP contribution in [-0.2, 0) is 22.5 Å². The smallest absolute Gasteiger partial charge is 0.351 e. The molecule has 1 N–H and O–H groups in total. The van der Waals surface area contributed by atoms with Gasteiger partial charge in [-0.05, 0) is 50.1 Å². The normalized spacial score (nSPS) is 14.5. The van der Waals surface area contributed by atoms with Gasteiger partial charge in [0.25, 0.3) is 0 Å². The molecule has 0 radical (unpaired) electrons. The highest BCUT2D eigenvalue weighted by atomic mass is 19.1. The van der Waals surface area contributed by atoms with Crippen LogP contribution in [0.1, 0.15) is 19.4 Å². The van der Waals surface area contributed by atoms with E-state index in [9.17, 15) is 14.0 Å². The quantitative estimate of drug-likeness (QED) is 0.550. The lowest BCUT2D eigenvalue weighted by Crippen LogP contribution is -2.37. The fourth-order valence-corrected chi connectivity index (χ4v) is 3.98. The second-order valence-corrected chi connectivity index (χ2v) is 8.71. The van der Waals surface area contributed by atoms with Crippen LogP contribution < -0.4 is 11.0 Å². The number of morpholine rings is 1. The Morgan fingerprint density at radius 3 is 2.56 bits per heavy atom. The Bertz CT molecular complexity index is 1180. The highest BCUT2D eigenvalue weighted by molar-refractivity contribution is 5.76. The summed E-state index contributed by atoms with van der Waals surface area (Å²) in [6, 6.07) is 13.4. The van der Waals surface area contributed by atoms with Gasteiger partial charge in [0.2, 0.25) is 5.91 Å². The molecule has 1 amide bonds. The first-order chi connectivity index (χ1) is 16.4. The van der Waals surface area contributed by atoms with Crippen LogP contribution in [0.5, 0.6) is 0 Å². The van der Waals surface area contributed by atoms with E-state index in [1.807, 2.05) is 38.1 Å². The SMILES string of the molecule is CC(C)NC(=O)Cn1c(-c2cccc(F)c2)nn(-c2ccc(CCN3CCOCC3)cc2)c1=O. The molecule has 0 bridgehead atoms. The maximum Gasteiger partial charge on any atom is 0.351 e. The molecule has 0 atom stereocenters. The Morgan fingerprint density at radius 1 is 1.15 bits per heavy atom. The lowest BCUT2D eigenvalue weighted by molar-refractivity contribution is -0.122. The Labute approximate surface area is 198 Å². The second kappa shape index (κ2) is 10.8. The zero-order valence-electron chi connectivity index (χ0n) is 19.5. The summed E-state index contributed by atoms with van der Waals surface area (Å²) in [5.41, 5.74) is 1.71. The molecule has 34 heavy (non-hydrogen) atoms. The fourth-order valence-electron chi connectivity index (χ4n) is 3.98. The van der Waals surface area contributed by atoms with E-state index >= 15 is 0 Å². The number of halogens is 1. The number of ether oxygens (including phenoxy) is 1. The van der Waals surface area contributed by atoms with E-state index in [0.29, 0.717) is 11.3 Å². The van der Waals surface area contributed by atoms with Crippen LogP contribution in [0.3, 0.4) is 0 Å². The second-order valence-electron chi connectivity index (χ2n) is 8.71. The molecule has 1 aliphatic heterocycles. The third-order valence-corrected chi connectivity index (χ3v) is 5.70. The van der Waals surface area contributed by atoms with Gasteiger partial charge in [0.1, 0.15) is 12.4 Å². The number of nitrogens with zero attached hydrogens (tertiary/aromatic N) is 4. The number of amides is 1. The van der Waals surface area contributed by atoms with Crippen molar-refractivity contribution in [2.24, 2.45) is 0 Å². The number of nitrogens with one attached hydrogen (secondary N) is 1. The van der Waals surface area contributed by atoms with Crippen LogP contribution in [-0.4, -0.2) is 64.0 Å². The zero-order valence-corrected chi connectivity index (χ0v) is 19.5. The highest BCUT2D eigenvalue weighted by Crippen LogP contribution is 2.18. The molecule has 9 heteroatoms. The summed E-state index contributed by atoms with van der Waals surface area (Å²) in [5, 5.41) is 7.26. The first-order valence-corrected chi connectivity index (χ1v) is 11.6. The summed E-state index contributed by atoms with van der Waals surface area (Å²) in [7, 11) is 0. The summed E-state index contributed by atoms with van der Waals surface area (Å²) in [4.78, 5) is 28.1. The molecule has 180 valence electrons. The van der Waals surface area contributed by atoms with E-state index in [-0.39, 0.29) is 24.3 Å². The molecule has 4 rings (SSSR count). The number of benzene rings is 2. The number of rotatable bonds is 8. The summed E-state index contributed by atoms with van der Waals surface area (Å²) in [6.07, 6.45) is 0.896. The van der Waals surface area contributed by atoms with Crippen molar-refractivity contribution in [2.75, 3.05) is 32.8 Å². The van der Waals surface area contributed by atoms with Gasteiger partial charge in [0.05, 0.1) is 18.9 Å². The average Bonchev–Trinajstić information content (AvgIpc) is 3.14. The lowest BCUT2D eigenvalue weighted by atomic mass is 10.1. The van der Waals surface area contributed by atoms with Gasteiger partial charge in [0.15, 0.2) is 5.82 Å². The minimum atomic E-state index is -0.459. The first-order valence-electron chi connectivity index (χ1n) is 11.6. The number of aromatic nitrogens is 3. The molecule has 0 saturated carbocycles. The van der Waals surface area contributed by atoms with E-state index < -0.39 is 11.5 Å². The molecule has 1 aromatic heterocycles. The zero-order chi connectivity index (χ0) is 24.1. The van der Waals surface area contributed by atoms with Crippen molar-refractivity contribution < 1.29 is 13.9 Å². The van der Waals surface area contributed by atoms with E-state index in [2.05, 4.69) is 15.3 Å². The van der Waals surface area contributed by atoms with Gasteiger partial charge < -0.3 is 10.1 Å². The lowest BCUT2D eigenvalue weighted by Gasteiger charge is -2.26. The van der Waals surface area contributed by atoms with Crippen LogP contribution in [0.4, 0.5) is 4.39 Å². The number of carbonyl (C=O) groups is 1. The van der Waals surface area contributed by atoms with Gasteiger partial charge in [-0.1, -0.05) is 24.3 Å². The molecule has 3 aromatic rings. The molecule has 2 heterocycles. The highest BCUT2D eigenvalue weighted by Gasteiger charge is 2.19. The summed E-state index contributed by atoms with van der Waals surface area (Å²) in [5.74, 6) is -0.519. The van der Waals surface area contributed by atoms with Gasteiger partial charge >= 0.3 is 5.69 Å². The van der Waals surface area contributed by atoms with Crippen molar-refractivity contribution in [2.45, 2.75) is 32.9 Å². The van der Waals surface area contributed by atoms with E-state index in [0.717, 1.165) is 44.8 Å². The van der Waals surface area contributed by atoms with Crippen LogP contribution in [0.15, 0.2) is 53.3 Å². The molecule has 0 aliphatic carbocycles. The minimum Gasteiger partial charge on any atom is -0.379 e. The topological polar surface area (TPSA) is 81.4 Å². The summed E-state index contributed by atoms with van der Waals surface area (Å²) >= 11 is 0. The molecule has 1 fully saturated rings. The standard InChI is InChI=1S/C25H30FN5O3/c1-18(2)27-23(32)17-30-24(20-4-3-5-21(26)16-20)28-31(25(30)33)22-8-6-19(7-9-22)10-11-29-12-14-34-15-13-29/h3-9,16,18H,10-15,17H2,1-2H3,(H,27,32). The van der Waals surface area contributed by atoms with E-state index in [4.69, 9.17) is 4.74 Å². The van der Waals surface area contributed by atoms with Gasteiger partial charge in [-0.25, -0.2) is 9.18 Å². The van der Waals surface area contributed by atoms with Crippen molar-refractivity contribution >= 4 is 5.91 Å². The molecule has 1 saturated heterocycles. The summed E-state index contributed by atoms with van der Waals surface area (Å²) < 4.78 is 21.8. The molecule has 1 aliphatic rings. The molecule has 2 aromatic carbocycles. The van der Waals surface area contributed by atoms with Crippen LogP contribution in [0.25, 0.3) is 17.1 Å². The van der Waals surface area contributed by atoms with Crippen LogP contribution in [0.2, 0.25) is 0 Å². The maximum atomic E-state index is 13.9. The fraction of sp³-hybridized carbons (Fsp3) is 0.400. The van der Waals surface area contributed by atoms with Gasteiger partial charge in [-0.15, -0.1) is 5.10 Å². The number of carbonyl (C=O) groups excluding carboxylic acids is 1. The molecule has 0 spiro atoms. The molecule has 0 unspecified atom stereocenters. The molecule has 8 nitrogen and oxygen atoms in total. The predicted molar refractivity (Wildman–Crippen MR) is 127 cm³/mol. The molecular formula is C25H30FN5O3. The van der Waals surface area contributed by atoms with Crippen molar-refractivity contribution in [3.05, 3.63) is 70.4 Å². The van der Waals surface area contributed by atoms with Crippen LogP contribution in [0, 0.1) is 5.82 Å². The third-order valence-electron chi connectivity index (χ3n) is 5.70. The third kappa shape index (κ3) is 5.78. The number of hydrogen-bond donors (Lipinski definition) is 1.